The highest BCUT2D eigenvalue weighted by atomic mass is 19.3. The van der Waals surface area contributed by atoms with Crippen LogP contribution in [0.5, 0.6) is 5.88 Å². The van der Waals surface area contributed by atoms with E-state index in [0.717, 1.165) is 12.8 Å². The van der Waals surface area contributed by atoms with Crippen molar-refractivity contribution >= 4 is 17.5 Å². The number of hydrogen-bond acceptors (Lipinski definition) is 6. The van der Waals surface area contributed by atoms with Gasteiger partial charge in [0.05, 0.1) is 44.9 Å². The van der Waals surface area contributed by atoms with Gasteiger partial charge in [0.25, 0.3) is 11.8 Å². The third-order valence-corrected chi connectivity index (χ3v) is 5.06. The van der Waals surface area contributed by atoms with Gasteiger partial charge in [-0.15, -0.1) is 0 Å². The zero-order chi connectivity index (χ0) is 19.9. The Morgan fingerprint density at radius 1 is 1.32 bits per heavy atom. The van der Waals surface area contributed by atoms with Crippen LogP contribution in [0.4, 0.5) is 14.5 Å². The van der Waals surface area contributed by atoms with E-state index in [0.29, 0.717) is 18.2 Å². The van der Waals surface area contributed by atoms with Gasteiger partial charge in [0.2, 0.25) is 11.8 Å². The quantitative estimate of drug-likeness (QED) is 0.670. The molecule has 0 radical (unpaired) electrons. The van der Waals surface area contributed by atoms with Crippen molar-refractivity contribution < 1.29 is 27.8 Å². The van der Waals surface area contributed by atoms with E-state index in [1.807, 2.05) is 0 Å². The Morgan fingerprint density at radius 2 is 2.04 bits per heavy atom. The molecule has 3 heterocycles. The Kier molecular flexibility index (Phi) is 4.60. The number of nitrogens with two attached hydrogens (primary N) is 1. The molecule has 8 nitrogen and oxygen atoms in total. The van der Waals surface area contributed by atoms with Gasteiger partial charge in [0, 0.05) is 0 Å². The van der Waals surface area contributed by atoms with Crippen LogP contribution in [-0.2, 0) is 9.53 Å². The van der Waals surface area contributed by atoms with E-state index < -0.39 is 36.4 Å². The Hall–Kier alpha value is -2.49. The lowest BCUT2D eigenvalue weighted by molar-refractivity contribution is -0.127. The number of anilines is 1. The number of hydrogen-bond donors (Lipinski definition) is 2. The van der Waals surface area contributed by atoms with Crippen LogP contribution < -0.4 is 20.7 Å². The van der Waals surface area contributed by atoms with Crippen LogP contribution in [0.2, 0.25) is 0 Å². The second kappa shape index (κ2) is 6.84. The fraction of sp³-hybridized carbons (Fsp3) is 0.611. The fourth-order valence-corrected chi connectivity index (χ4v) is 3.28. The SMILES string of the molecule is NC(=O)CC1(NC(=O)c2ccc(N3CC(F)(F)C3)c(OCC3CC3)n2)COC1. The van der Waals surface area contributed by atoms with Crippen molar-refractivity contribution in [3.63, 3.8) is 0 Å². The lowest BCUT2D eigenvalue weighted by Crippen LogP contribution is -2.63. The molecule has 28 heavy (non-hydrogen) atoms. The largest absolute Gasteiger partial charge is 0.476 e. The van der Waals surface area contributed by atoms with Gasteiger partial charge in [0.1, 0.15) is 11.4 Å². The van der Waals surface area contributed by atoms with Crippen LogP contribution in [-0.4, -0.2) is 61.2 Å². The summed E-state index contributed by atoms with van der Waals surface area (Å²) in [5, 5.41) is 2.76. The zero-order valence-corrected chi connectivity index (χ0v) is 15.2. The molecule has 3 aliphatic rings. The number of primary amides is 1. The van der Waals surface area contributed by atoms with Gasteiger partial charge in [-0.1, -0.05) is 0 Å². The molecule has 2 amide bonds. The Balaban J connectivity index is 1.51. The van der Waals surface area contributed by atoms with Crippen LogP contribution >= 0.6 is 0 Å². The maximum Gasteiger partial charge on any atom is 0.282 e. The first-order valence-electron chi connectivity index (χ1n) is 9.21. The van der Waals surface area contributed by atoms with Crippen LogP contribution in [0.1, 0.15) is 29.8 Å². The van der Waals surface area contributed by atoms with Crippen molar-refractivity contribution in [3.8, 4) is 5.88 Å². The highest BCUT2D eigenvalue weighted by Gasteiger charge is 2.45. The maximum absolute atomic E-state index is 13.3. The average molecular weight is 396 g/mol. The number of nitrogens with zero attached hydrogens (tertiary/aromatic N) is 2. The van der Waals surface area contributed by atoms with Crippen molar-refractivity contribution in [2.24, 2.45) is 11.7 Å². The van der Waals surface area contributed by atoms with Crippen molar-refractivity contribution in [2.75, 3.05) is 37.8 Å². The van der Waals surface area contributed by atoms with E-state index in [-0.39, 0.29) is 31.2 Å². The van der Waals surface area contributed by atoms with Gasteiger partial charge in [-0.2, -0.15) is 0 Å². The minimum atomic E-state index is -2.73. The molecule has 2 aliphatic heterocycles. The van der Waals surface area contributed by atoms with Crippen LogP contribution in [0.15, 0.2) is 12.1 Å². The van der Waals surface area contributed by atoms with E-state index in [1.54, 1.807) is 6.07 Å². The number of alkyl halides is 2. The molecule has 0 aromatic carbocycles. The summed E-state index contributed by atoms with van der Waals surface area (Å²) < 4.78 is 37.4. The first-order chi connectivity index (χ1) is 13.3. The fourth-order valence-electron chi connectivity index (χ4n) is 3.28. The number of carbonyl (C=O) groups excluding carboxylic acids is 2. The topological polar surface area (TPSA) is 107 Å². The number of aromatic nitrogens is 1. The minimum absolute atomic E-state index is 0.0370. The minimum Gasteiger partial charge on any atom is -0.476 e. The Labute approximate surface area is 160 Å². The second-order valence-corrected chi connectivity index (χ2v) is 7.86. The number of nitrogens with one attached hydrogen (secondary N) is 1. The molecule has 10 heteroatoms. The summed E-state index contributed by atoms with van der Waals surface area (Å²) in [4.78, 5) is 29.6. The summed E-state index contributed by atoms with van der Waals surface area (Å²) in [6, 6.07) is 3.03. The van der Waals surface area contributed by atoms with Gasteiger partial charge in [0.15, 0.2) is 0 Å². The number of rotatable bonds is 8. The standard InChI is InChI=1S/C18H22F2N4O4/c19-18(20)7-24(8-18)13-4-3-12(22-16(13)28-6-11-1-2-11)15(26)23-17(5-14(21)25)9-27-10-17/h3-4,11H,1-2,5-10H2,(H2,21,25)(H,23,26). The molecule has 1 saturated carbocycles. The number of carbonyl (C=O) groups is 2. The molecule has 1 aromatic rings. The summed E-state index contributed by atoms with van der Waals surface area (Å²) in [5.41, 5.74) is 4.94. The highest BCUT2D eigenvalue weighted by molar-refractivity contribution is 5.94. The predicted molar refractivity (Wildman–Crippen MR) is 94.4 cm³/mol. The van der Waals surface area contributed by atoms with Crippen molar-refractivity contribution in [1.82, 2.24) is 10.3 Å². The third kappa shape index (κ3) is 4.01. The van der Waals surface area contributed by atoms with E-state index in [2.05, 4.69) is 10.3 Å². The van der Waals surface area contributed by atoms with Crippen LogP contribution in [0.25, 0.3) is 0 Å². The molecule has 0 unspecified atom stereocenters. The van der Waals surface area contributed by atoms with Gasteiger partial charge in [-0.3, -0.25) is 9.59 Å². The summed E-state index contributed by atoms with van der Waals surface area (Å²) in [5.74, 6) is -3.16. The third-order valence-electron chi connectivity index (χ3n) is 5.06. The molecule has 2 saturated heterocycles. The van der Waals surface area contributed by atoms with Crippen molar-refractivity contribution in [3.05, 3.63) is 17.8 Å². The van der Waals surface area contributed by atoms with Crippen molar-refractivity contribution in [1.29, 1.82) is 0 Å². The first-order valence-corrected chi connectivity index (χ1v) is 9.21. The molecular formula is C18H22F2N4O4. The molecule has 0 atom stereocenters. The molecule has 1 aliphatic carbocycles. The smallest absolute Gasteiger partial charge is 0.282 e. The number of halogens is 2. The van der Waals surface area contributed by atoms with Gasteiger partial charge in [-0.05, 0) is 30.9 Å². The zero-order valence-electron chi connectivity index (χ0n) is 15.2. The van der Waals surface area contributed by atoms with E-state index >= 15 is 0 Å². The molecule has 1 aromatic heterocycles. The van der Waals surface area contributed by atoms with E-state index in [9.17, 15) is 18.4 Å². The summed E-state index contributed by atoms with van der Waals surface area (Å²) in [6.07, 6.45) is 2.09. The van der Waals surface area contributed by atoms with Gasteiger partial charge >= 0.3 is 0 Å². The van der Waals surface area contributed by atoms with Crippen molar-refractivity contribution in [2.45, 2.75) is 30.7 Å². The molecule has 0 spiro atoms. The van der Waals surface area contributed by atoms with E-state index in [4.69, 9.17) is 15.2 Å². The number of pyridine rings is 1. The lowest BCUT2D eigenvalue weighted by atomic mass is 9.92. The average Bonchev–Trinajstić information content (AvgIpc) is 3.39. The second-order valence-electron chi connectivity index (χ2n) is 7.86. The normalized spacial score (nSPS) is 22.0. The monoisotopic (exact) mass is 396 g/mol. The number of ether oxygens (including phenoxy) is 2. The summed E-state index contributed by atoms with van der Waals surface area (Å²) >= 11 is 0. The van der Waals surface area contributed by atoms with Gasteiger partial charge < -0.3 is 25.4 Å². The lowest BCUT2D eigenvalue weighted by Gasteiger charge is -2.41. The van der Waals surface area contributed by atoms with Crippen LogP contribution in [0.3, 0.4) is 0 Å². The molecular weight excluding hydrogens is 374 g/mol. The molecule has 4 rings (SSSR count). The molecule has 152 valence electrons. The Morgan fingerprint density at radius 3 is 2.57 bits per heavy atom. The first kappa shape index (κ1) is 18.9. The molecule has 3 N–H and O–H groups in total. The summed E-state index contributed by atoms with van der Waals surface area (Å²) in [7, 11) is 0. The Bertz CT molecular complexity index is 788. The van der Waals surface area contributed by atoms with E-state index in [1.165, 1.54) is 11.0 Å². The predicted octanol–water partition coefficient (Wildman–Crippen LogP) is 0.700. The van der Waals surface area contributed by atoms with Gasteiger partial charge in [-0.25, -0.2) is 13.8 Å². The maximum atomic E-state index is 13.3. The molecule has 3 fully saturated rings. The van der Waals surface area contributed by atoms with Crippen LogP contribution in [0, 0.1) is 5.92 Å². The highest BCUT2D eigenvalue weighted by Crippen LogP contribution is 2.38. The molecule has 0 bridgehead atoms. The number of amides is 2. The summed E-state index contributed by atoms with van der Waals surface area (Å²) in [6.45, 7) is 0.00816.